The fourth-order valence-corrected chi connectivity index (χ4v) is 3.11. The normalized spacial score (nSPS) is 11.3. The van der Waals surface area contributed by atoms with Crippen LogP contribution in [-0.4, -0.2) is 19.6 Å². The van der Waals surface area contributed by atoms with Crippen LogP contribution in [0.3, 0.4) is 0 Å². The standard InChI is InChI=1S/C18H21IN2O3.ClH/c1-12(14-6-4-3-5-7-14)21-10-13-8-15(19)18(16(9-13)23-2)24-11-17(20)22;/h3-9,12,21H,10-11H2,1-2H3,(H2,20,22);1H. The molecule has 25 heavy (non-hydrogen) atoms. The monoisotopic (exact) mass is 476 g/mol. The molecule has 0 radical (unpaired) electrons. The summed E-state index contributed by atoms with van der Waals surface area (Å²) in [6.07, 6.45) is 0. The van der Waals surface area contributed by atoms with Crippen LogP contribution in [-0.2, 0) is 11.3 Å². The third-order valence-electron chi connectivity index (χ3n) is 3.56. The number of halogens is 2. The second-order valence-corrected chi connectivity index (χ2v) is 6.54. The summed E-state index contributed by atoms with van der Waals surface area (Å²) in [6, 6.07) is 14.4. The Labute approximate surface area is 167 Å². The van der Waals surface area contributed by atoms with E-state index in [0.29, 0.717) is 18.0 Å². The lowest BCUT2D eigenvalue weighted by molar-refractivity contribution is -0.119. The third kappa shape index (κ3) is 6.37. The van der Waals surface area contributed by atoms with Gasteiger partial charge in [0.1, 0.15) is 0 Å². The number of amides is 1. The van der Waals surface area contributed by atoms with Gasteiger partial charge in [0, 0.05) is 12.6 Å². The van der Waals surface area contributed by atoms with Crippen molar-refractivity contribution in [1.82, 2.24) is 5.32 Å². The molecule has 3 N–H and O–H groups in total. The van der Waals surface area contributed by atoms with Gasteiger partial charge < -0.3 is 20.5 Å². The van der Waals surface area contributed by atoms with Crippen LogP contribution in [0, 0.1) is 3.57 Å². The van der Waals surface area contributed by atoms with Gasteiger partial charge in [0.2, 0.25) is 0 Å². The highest BCUT2D eigenvalue weighted by atomic mass is 127. The van der Waals surface area contributed by atoms with Gasteiger partial charge in [-0.15, -0.1) is 12.4 Å². The van der Waals surface area contributed by atoms with E-state index in [1.54, 1.807) is 7.11 Å². The minimum Gasteiger partial charge on any atom is -0.493 e. The molecule has 0 saturated carbocycles. The van der Waals surface area contributed by atoms with Crippen molar-refractivity contribution in [1.29, 1.82) is 0 Å². The second kappa shape index (κ2) is 10.5. The minimum absolute atomic E-state index is 0. The maximum Gasteiger partial charge on any atom is 0.255 e. The summed E-state index contributed by atoms with van der Waals surface area (Å²) < 4.78 is 11.7. The highest BCUT2D eigenvalue weighted by Gasteiger charge is 2.13. The highest BCUT2D eigenvalue weighted by molar-refractivity contribution is 14.1. The van der Waals surface area contributed by atoms with Crippen molar-refractivity contribution < 1.29 is 14.3 Å². The van der Waals surface area contributed by atoms with E-state index in [2.05, 4.69) is 47.0 Å². The van der Waals surface area contributed by atoms with Crippen LogP contribution in [0.5, 0.6) is 11.5 Å². The summed E-state index contributed by atoms with van der Waals surface area (Å²) >= 11 is 2.17. The zero-order valence-electron chi connectivity index (χ0n) is 14.1. The highest BCUT2D eigenvalue weighted by Crippen LogP contribution is 2.34. The van der Waals surface area contributed by atoms with Crippen molar-refractivity contribution in [3.63, 3.8) is 0 Å². The first-order chi connectivity index (χ1) is 11.5. The molecule has 2 rings (SSSR count). The molecule has 136 valence electrons. The maximum absolute atomic E-state index is 10.9. The average molecular weight is 477 g/mol. The molecular weight excluding hydrogens is 455 g/mol. The summed E-state index contributed by atoms with van der Waals surface area (Å²) in [7, 11) is 1.58. The lowest BCUT2D eigenvalue weighted by Crippen LogP contribution is -2.21. The molecule has 2 aromatic carbocycles. The number of rotatable bonds is 8. The molecule has 5 nitrogen and oxygen atoms in total. The van der Waals surface area contributed by atoms with Crippen LogP contribution in [0.25, 0.3) is 0 Å². The van der Waals surface area contributed by atoms with Crippen LogP contribution in [0.15, 0.2) is 42.5 Å². The predicted octanol–water partition coefficient (Wildman–Crippen LogP) is 3.44. The SMILES string of the molecule is COc1cc(CNC(C)c2ccccc2)cc(I)c1OCC(N)=O.Cl. The van der Waals surface area contributed by atoms with E-state index in [-0.39, 0.29) is 25.1 Å². The molecule has 0 saturated heterocycles. The molecule has 0 spiro atoms. The molecule has 7 heteroatoms. The van der Waals surface area contributed by atoms with Crippen LogP contribution in [0.4, 0.5) is 0 Å². The van der Waals surface area contributed by atoms with Crippen molar-refractivity contribution in [3.8, 4) is 11.5 Å². The summed E-state index contributed by atoms with van der Waals surface area (Å²) in [5.41, 5.74) is 7.44. The van der Waals surface area contributed by atoms with E-state index in [1.807, 2.05) is 30.3 Å². The molecule has 2 aromatic rings. The predicted molar refractivity (Wildman–Crippen MR) is 109 cm³/mol. The van der Waals surface area contributed by atoms with Crippen molar-refractivity contribution in [2.45, 2.75) is 19.5 Å². The van der Waals surface area contributed by atoms with Gasteiger partial charge in [-0.25, -0.2) is 0 Å². The van der Waals surface area contributed by atoms with Crippen LogP contribution in [0.2, 0.25) is 0 Å². The first kappa shape index (κ1) is 21.5. The Bertz CT molecular complexity index is 698. The van der Waals surface area contributed by atoms with Crippen molar-refractivity contribution in [3.05, 3.63) is 57.2 Å². The van der Waals surface area contributed by atoms with Gasteiger partial charge in [-0.2, -0.15) is 0 Å². The number of nitrogens with two attached hydrogens (primary N) is 1. The summed E-state index contributed by atoms with van der Waals surface area (Å²) in [6.45, 7) is 2.65. The van der Waals surface area contributed by atoms with E-state index in [9.17, 15) is 4.79 Å². The molecule has 1 atom stereocenters. The fraction of sp³-hybridized carbons (Fsp3) is 0.278. The Morgan fingerprint density at radius 1 is 1.28 bits per heavy atom. The smallest absolute Gasteiger partial charge is 0.255 e. The lowest BCUT2D eigenvalue weighted by atomic mass is 10.1. The van der Waals surface area contributed by atoms with E-state index in [1.165, 1.54) is 5.56 Å². The lowest BCUT2D eigenvalue weighted by Gasteiger charge is -2.17. The minimum atomic E-state index is -0.518. The van der Waals surface area contributed by atoms with Crippen LogP contribution >= 0.6 is 35.0 Å². The van der Waals surface area contributed by atoms with Gasteiger partial charge in [-0.1, -0.05) is 30.3 Å². The summed E-state index contributed by atoms with van der Waals surface area (Å²) in [5, 5.41) is 3.49. The van der Waals surface area contributed by atoms with E-state index >= 15 is 0 Å². The molecule has 1 amide bonds. The molecule has 0 fully saturated rings. The fourth-order valence-electron chi connectivity index (χ4n) is 2.29. The molecule has 0 aliphatic rings. The largest absolute Gasteiger partial charge is 0.493 e. The Morgan fingerprint density at radius 3 is 2.56 bits per heavy atom. The van der Waals surface area contributed by atoms with Gasteiger partial charge in [-0.3, -0.25) is 4.79 Å². The van der Waals surface area contributed by atoms with Crippen LogP contribution in [0.1, 0.15) is 24.1 Å². The Balaban J connectivity index is 0.00000312. The number of primary amides is 1. The van der Waals surface area contributed by atoms with Gasteiger partial charge in [-0.05, 0) is 52.8 Å². The molecule has 0 bridgehead atoms. The summed E-state index contributed by atoms with van der Waals surface area (Å²) in [5.74, 6) is 0.611. The molecular formula is C18H22ClIN2O3. The molecule has 0 heterocycles. The molecule has 0 aliphatic carbocycles. The zero-order chi connectivity index (χ0) is 17.5. The quantitative estimate of drug-likeness (QED) is 0.573. The van der Waals surface area contributed by atoms with E-state index < -0.39 is 5.91 Å². The topological polar surface area (TPSA) is 73.6 Å². The Kier molecular flexibility index (Phi) is 9.02. The van der Waals surface area contributed by atoms with Crippen LogP contribution < -0.4 is 20.5 Å². The number of methoxy groups -OCH3 is 1. The number of carbonyl (C=O) groups is 1. The Morgan fingerprint density at radius 2 is 1.96 bits per heavy atom. The second-order valence-electron chi connectivity index (χ2n) is 5.38. The van der Waals surface area contributed by atoms with Gasteiger partial charge in [0.05, 0.1) is 10.7 Å². The number of hydrogen-bond acceptors (Lipinski definition) is 4. The number of benzene rings is 2. The maximum atomic E-state index is 10.9. The van der Waals surface area contributed by atoms with Crippen molar-refractivity contribution in [2.24, 2.45) is 5.73 Å². The number of ether oxygens (including phenoxy) is 2. The van der Waals surface area contributed by atoms with Crippen molar-refractivity contribution in [2.75, 3.05) is 13.7 Å². The summed E-state index contributed by atoms with van der Waals surface area (Å²) in [4.78, 5) is 10.9. The molecule has 1 unspecified atom stereocenters. The zero-order valence-corrected chi connectivity index (χ0v) is 17.1. The van der Waals surface area contributed by atoms with E-state index in [4.69, 9.17) is 15.2 Å². The van der Waals surface area contributed by atoms with Gasteiger partial charge in [0.15, 0.2) is 18.1 Å². The average Bonchev–Trinajstić information content (AvgIpc) is 2.58. The van der Waals surface area contributed by atoms with Gasteiger partial charge >= 0.3 is 0 Å². The Hall–Kier alpha value is -1.51. The first-order valence-corrected chi connectivity index (χ1v) is 8.65. The first-order valence-electron chi connectivity index (χ1n) is 7.57. The number of nitrogens with one attached hydrogen (secondary N) is 1. The number of hydrogen-bond donors (Lipinski definition) is 2. The van der Waals surface area contributed by atoms with Gasteiger partial charge in [0.25, 0.3) is 5.91 Å². The number of carbonyl (C=O) groups excluding carboxylic acids is 1. The third-order valence-corrected chi connectivity index (χ3v) is 4.36. The van der Waals surface area contributed by atoms with E-state index in [0.717, 1.165) is 9.13 Å². The molecule has 0 aliphatic heterocycles. The molecule has 0 aromatic heterocycles. The van der Waals surface area contributed by atoms with Crippen molar-refractivity contribution >= 4 is 40.9 Å².